The smallest absolute Gasteiger partial charge is 0.295 e. The molecule has 0 amide bonds. The standard InChI is InChI=1S/C25H38O4S/c1-3-4-5-6-7-8-9-10-11-12-13-14-16-21-19-20-23(29-2)22-17-15-18-24(25(21)22)30(26,27)28/h15,17-20H,3-14,16H2,1-2H3,(H,26,27,28). The van der Waals surface area contributed by atoms with E-state index in [4.69, 9.17) is 4.74 Å². The molecule has 0 heterocycles. The van der Waals surface area contributed by atoms with Gasteiger partial charge >= 0.3 is 0 Å². The van der Waals surface area contributed by atoms with Gasteiger partial charge in [0, 0.05) is 10.8 Å². The fraction of sp³-hybridized carbons (Fsp3) is 0.600. The predicted molar refractivity (Wildman–Crippen MR) is 125 cm³/mol. The number of rotatable bonds is 15. The van der Waals surface area contributed by atoms with Gasteiger partial charge in [0.15, 0.2) is 0 Å². The van der Waals surface area contributed by atoms with E-state index in [2.05, 4.69) is 6.92 Å². The van der Waals surface area contributed by atoms with Crippen LogP contribution in [0.25, 0.3) is 10.8 Å². The highest BCUT2D eigenvalue weighted by atomic mass is 32.2. The molecule has 0 aliphatic carbocycles. The number of hydrogen-bond donors (Lipinski definition) is 1. The maximum Gasteiger partial charge on any atom is 0.295 e. The summed E-state index contributed by atoms with van der Waals surface area (Å²) in [5.41, 5.74) is 0.950. The van der Waals surface area contributed by atoms with Crippen LogP contribution in [-0.2, 0) is 16.5 Å². The summed E-state index contributed by atoms with van der Waals surface area (Å²) in [6, 6.07) is 8.75. The largest absolute Gasteiger partial charge is 0.496 e. The zero-order valence-corrected chi connectivity index (χ0v) is 19.5. The Kier molecular flexibility index (Phi) is 10.7. The van der Waals surface area contributed by atoms with Crippen LogP contribution in [0.5, 0.6) is 5.75 Å². The van der Waals surface area contributed by atoms with Crippen molar-refractivity contribution >= 4 is 20.9 Å². The third-order valence-corrected chi connectivity index (χ3v) is 6.74. The van der Waals surface area contributed by atoms with Gasteiger partial charge in [-0.2, -0.15) is 8.42 Å². The summed E-state index contributed by atoms with van der Waals surface area (Å²) in [6.45, 7) is 2.25. The van der Waals surface area contributed by atoms with Crippen molar-refractivity contribution in [2.45, 2.75) is 95.3 Å². The molecule has 2 aromatic carbocycles. The zero-order valence-electron chi connectivity index (χ0n) is 18.7. The maximum atomic E-state index is 11.9. The minimum Gasteiger partial charge on any atom is -0.496 e. The van der Waals surface area contributed by atoms with Crippen LogP contribution in [0.15, 0.2) is 35.2 Å². The molecule has 0 fully saturated rings. The predicted octanol–water partition coefficient (Wildman–Crippen LogP) is 7.34. The minimum atomic E-state index is -4.29. The molecule has 0 spiro atoms. The van der Waals surface area contributed by atoms with Crippen molar-refractivity contribution in [3.05, 3.63) is 35.9 Å². The van der Waals surface area contributed by atoms with Crippen molar-refractivity contribution in [2.24, 2.45) is 0 Å². The molecule has 0 unspecified atom stereocenters. The Labute approximate surface area is 182 Å². The van der Waals surface area contributed by atoms with E-state index in [1.165, 1.54) is 70.3 Å². The Morgan fingerprint density at radius 3 is 1.90 bits per heavy atom. The van der Waals surface area contributed by atoms with E-state index in [9.17, 15) is 13.0 Å². The Balaban J connectivity index is 1.83. The average Bonchev–Trinajstić information content (AvgIpc) is 2.73. The molecule has 168 valence electrons. The fourth-order valence-electron chi connectivity index (χ4n) is 4.17. The lowest BCUT2D eigenvalue weighted by atomic mass is 9.98. The van der Waals surface area contributed by atoms with Gasteiger partial charge in [-0.1, -0.05) is 95.8 Å². The number of unbranched alkanes of at least 4 members (excludes halogenated alkanes) is 11. The van der Waals surface area contributed by atoms with Gasteiger partial charge < -0.3 is 4.74 Å². The Bertz CT molecular complexity index is 874. The molecule has 1 N–H and O–H groups in total. The van der Waals surface area contributed by atoms with Crippen LogP contribution >= 0.6 is 0 Å². The lowest BCUT2D eigenvalue weighted by Gasteiger charge is -2.13. The first-order valence-corrected chi connectivity index (χ1v) is 13.0. The van der Waals surface area contributed by atoms with Gasteiger partial charge in [0.2, 0.25) is 0 Å². The summed E-state index contributed by atoms with van der Waals surface area (Å²) in [4.78, 5) is -0.0344. The van der Waals surface area contributed by atoms with E-state index >= 15 is 0 Å². The molecule has 0 aliphatic heterocycles. The molecule has 0 saturated carbocycles. The van der Waals surface area contributed by atoms with E-state index in [1.807, 2.05) is 18.2 Å². The number of aryl methyl sites for hydroxylation is 1. The van der Waals surface area contributed by atoms with Gasteiger partial charge in [0.05, 0.1) is 7.11 Å². The number of fused-ring (bicyclic) bond motifs is 1. The molecule has 4 nitrogen and oxygen atoms in total. The van der Waals surface area contributed by atoms with Crippen LogP contribution < -0.4 is 4.74 Å². The van der Waals surface area contributed by atoms with Crippen molar-refractivity contribution in [1.29, 1.82) is 0 Å². The first-order valence-electron chi connectivity index (χ1n) is 11.5. The van der Waals surface area contributed by atoms with E-state index in [1.54, 1.807) is 13.2 Å². The first-order chi connectivity index (χ1) is 14.5. The van der Waals surface area contributed by atoms with Gasteiger partial charge in [-0.15, -0.1) is 0 Å². The molecule has 2 rings (SSSR count). The average molecular weight is 435 g/mol. The number of ether oxygens (including phenoxy) is 1. The normalized spacial score (nSPS) is 11.8. The summed E-state index contributed by atoms with van der Waals surface area (Å²) >= 11 is 0. The third-order valence-electron chi connectivity index (χ3n) is 5.85. The van der Waals surface area contributed by atoms with Crippen LogP contribution in [-0.4, -0.2) is 20.1 Å². The molecule has 0 saturated heterocycles. The third kappa shape index (κ3) is 7.59. The fourth-order valence-corrected chi connectivity index (χ4v) is 4.92. The quantitative estimate of drug-likeness (QED) is 0.235. The molecule has 0 atom stereocenters. The van der Waals surface area contributed by atoms with Gasteiger partial charge in [0.25, 0.3) is 10.1 Å². The Morgan fingerprint density at radius 1 is 0.800 bits per heavy atom. The van der Waals surface area contributed by atoms with E-state index in [0.29, 0.717) is 11.1 Å². The highest BCUT2D eigenvalue weighted by Gasteiger charge is 2.18. The van der Waals surface area contributed by atoms with Crippen LogP contribution in [0.2, 0.25) is 0 Å². The molecule has 0 aliphatic rings. The summed E-state index contributed by atoms with van der Waals surface area (Å²) in [5.74, 6) is 0.619. The minimum absolute atomic E-state index is 0.0344. The summed E-state index contributed by atoms with van der Waals surface area (Å²) in [6.07, 6.45) is 16.3. The number of methoxy groups -OCH3 is 1. The number of benzene rings is 2. The molecular weight excluding hydrogens is 396 g/mol. The Morgan fingerprint density at radius 2 is 1.37 bits per heavy atom. The van der Waals surface area contributed by atoms with Crippen LogP contribution in [0.1, 0.15) is 89.5 Å². The number of hydrogen-bond acceptors (Lipinski definition) is 3. The highest BCUT2D eigenvalue weighted by Crippen LogP contribution is 2.34. The van der Waals surface area contributed by atoms with Gasteiger partial charge in [-0.3, -0.25) is 4.55 Å². The lowest BCUT2D eigenvalue weighted by Crippen LogP contribution is -2.02. The SMILES string of the molecule is CCCCCCCCCCCCCCc1ccc(OC)c2cccc(S(=O)(=O)O)c12. The summed E-state index contributed by atoms with van der Waals surface area (Å²) in [5, 5.41) is 1.31. The van der Waals surface area contributed by atoms with Crippen LogP contribution in [0.4, 0.5) is 0 Å². The van der Waals surface area contributed by atoms with Crippen molar-refractivity contribution < 1.29 is 17.7 Å². The summed E-state index contributed by atoms with van der Waals surface area (Å²) < 4.78 is 38.8. The van der Waals surface area contributed by atoms with Gasteiger partial charge in [0.1, 0.15) is 10.6 Å². The first kappa shape index (κ1) is 24.7. The second-order valence-electron chi connectivity index (χ2n) is 8.22. The zero-order chi connectivity index (χ0) is 21.8. The lowest BCUT2D eigenvalue weighted by molar-refractivity contribution is 0.419. The molecule has 0 aromatic heterocycles. The van der Waals surface area contributed by atoms with Crippen molar-refractivity contribution in [2.75, 3.05) is 7.11 Å². The van der Waals surface area contributed by atoms with Crippen LogP contribution in [0, 0.1) is 0 Å². The molecular formula is C25H38O4S. The second-order valence-corrected chi connectivity index (χ2v) is 9.61. The van der Waals surface area contributed by atoms with E-state index < -0.39 is 10.1 Å². The van der Waals surface area contributed by atoms with Crippen molar-refractivity contribution in [3.8, 4) is 5.75 Å². The van der Waals surface area contributed by atoms with E-state index in [0.717, 1.165) is 30.2 Å². The second kappa shape index (κ2) is 13.0. The maximum absolute atomic E-state index is 11.9. The van der Waals surface area contributed by atoms with Crippen LogP contribution in [0.3, 0.4) is 0 Å². The van der Waals surface area contributed by atoms with E-state index in [-0.39, 0.29) is 4.90 Å². The highest BCUT2D eigenvalue weighted by molar-refractivity contribution is 7.86. The van der Waals surface area contributed by atoms with Crippen molar-refractivity contribution in [1.82, 2.24) is 0 Å². The summed E-state index contributed by atoms with van der Waals surface area (Å²) in [7, 11) is -2.72. The topological polar surface area (TPSA) is 63.6 Å². The molecule has 5 heteroatoms. The molecule has 2 aromatic rings. The Hall–Kier alpha value is -1.59. The van der Waals surface area contributed by atoms with Gasteiger partial charge in [-0.05, 0) is 30.5 Å². The monoisotopic (exact) mass is 434 g/mol. The molecule has 0 radical (unpaired) electrons. The molecule has 0 bridgehead atoms. The molecule has 30 heavy (non-hydrogen) atoms. The van der Waals surface area contributed by atoms with Crippen molar-refractivity contribution in [3.63, 3.8) is 0 Å². The van der Waals surface area contributed by atoms with Gasteiger partial charge in [-0.25, -0.2) is 0 Å².